The van der Waals surface area contributed by atoms with Gasteiger partial charge in [-0.3, -0.25) is 4.79 Å². The molecule has 0 radical (unpaired) electrons. The van der Waals surface area contributed by atoms with Crippen LogP contribution in [0.4, 0.5) is 13.6 Å². The van der Waals surface area contributed by atoms with Crippen molar-refractivity contribution in [3.05, 3.63) is 57.5 Å². The summed E-state index contributed by atoms with van der Waals surface area (Å²) in [7, 11) is 0. The number of hydrogen-bond acceptors (Lipinski definition) is 6. The third kappa shape index (κ3) is 5.44. The van der Waals surface area contributed by atoms with Gasteiger partial charge in [-0.1, -0.05) is 35.3 Å². The van der Waals surface area contributed by atoms with Gasteiger partial charge in [0.05, 0.1) is 39.8 Å². The van der Waals surface area contributed by atoms with Crippen molar-refractivity contribution in [2.75, 3.05) is 12.8 Å². The normalized spacial score (nSPS) is 26.5. The predicted octanol–water partition coefficient (Wildman–Crippen LogP) is 9.82. The van der Waals surface area contributed by atoms with E-state index in [0.717, 1.165) is 29.4 Å². The lowest BCUT2D eigenvalue weighted by molar-refractivity contribution is -0.140. The van der Waals surface area contributed by atoms with Gasteiger partial charge in [0.1, 0.15) is 16.1 Å². The molecule has 2 bridgehead atoms. The number of halogens is 4. The van der Waals surface area contributed by atoms with E-state index in [9.17, 15) is 14.9 Å². The number of carbonyl (C=O) groups is 2. The van der Waals surface area contributed by atoms with Gasteiger partial charge in [0, 0.05) is 52.5 Å². The zero-order chi connectivity index (χ0) is 37.3. The van der Waals surface area contributed by atoms with E-state index in [1.54, 1.807) is 23.1 Å². The Labute approximate surface area is 320 Å². The molecule has 6 fully saturated rings. The van der Waals surface area contributed by atoms with Crippen molar-refractivity contribution in [1.29, 1.82) is 5.26 Å². The Balaban J connectivity index is 1.30. The molecule has 2 aromatic carbocycles. The fraction of sp³-hybridized carbons (Fsp3) is 0.500. The number of rotatable bonds is 7. The highest BCUT2D eigenvalue weighted by Gasteiger charge is 2.63. The average Bonchev–Trinajstić information content (AvgIpc) is 3.78. The van der Waals surface area contributed by atoms with Crippen molar-refractivity contribution in [2.24, 2.45) is 11.8 Å². The number of aromatic nitrogens is 2. The van der Waals surface area contributed by atoms with E-state index in [-0.39, 0.29) is 83.0 Å². The Morgan fingerprint density at radius 2 is 1.87 bits per heavy atom. The van der Waals surface area contributed by atoms with Gasteiger partial charge >= 0.3 is 6.09 Å². The molecule has 2 amide bonds. The highest BCUT2D eigenvalue weighted by molar-refractivity contribution is 7.98. The lowest BCUT2D eigenvalue weighted by Crippen LogP contribution is -2.45. The fourth-order valence-electron chi connectivity index (χ4n) is 9.31. The molecule has 276 valence electrons. The maximum absolute atomic E-state index is 17.4. The largest absolute Gasteiger partial charge is 0.444 e. The van der Waals surface area contributed by atoms with Crippen molar-refractivity contribution in [2.45, 2.75) is 106 Å². The number of alkyl halides is 1. The van der Waals surface area contributed by atoms with Crippen LogP contribution in [0.1, 0.15) is 82.6 Å². The number of piperidine rings is 1. The van der Waals surface area contributed by atoms with Gasteiger partial charge < -0.3 is 19.1 Å². The number of hydrogen-bond donors (Lipinski definition) is 0. The summed E-state index contributed by atoms with van der Waals surface area (Å²) in [6.45, 7) is 6.05. The molecular weight excluding hydrogens is 739 g/mol. The van der Waals surface area contributed by atoms with Gasteiger partial charge in [-0.05, 0) is 95.2 Å². The van der Waals surface area contributed by atoms with Gasteiger partial charge in [0.2, 0.25) is 0 Å². The van der Waals surface area contributed by atoms with Gasteiger partial charge in [0.25, 0.3) is 5.91 Å². The maximum Gasteiger partial charge on any atom is 0.410 e. The van der Waals surface area contributed by atoms with Crippen LogP contribution in [0.15, 0.2) is 35.4 Å². The Morgan fingerprint density at radius 3 is 2.57 bits per heavy atom. The average molecular weight is 779 g/mol. The molecule has 3 aliphatic heterocycles. The SMILES string of the molecule is CSc1nc2c(F)c(-c3cccc(Cl)c3Cl)c(CCC#N)cc2c2c1cc([C@H]1C[C@H]3C[C@H]3N1C(=O)C1(F)CC1)n2[C@H]1[C@@H]2C[C@H]1N(C(=O)OC(C)(C)C)C2. The first-order valence-corrected chi connectivity index (χ1v) is 20.3. The van der Waals surface area contributed by atoms with E-state index in [1.807, 2.05) is 38.0 Å². The fourth-order valence-corrected chi connectivity index (χ4v) is 10.3. The molecule has 0 unspecified atom stereocenters. The first-order valence-electron chi connectivity index (χ1n) is 18.3. The summed E-state index contributed by atoms with van der Waals surface area (Å²) in [5.41, 5.74) is 0.550. The number of fused-ring (bicyclic) bond motifs is 5. The van der Waals surface area contributed by atoms with Crippen LogP contribution in [-0.4, -0.2) is 67.5 Å². The zero-order valence-electron chi connectivity index (χ0n) is 29.9. The molecule has 13 heteroatoms. The van der Waals surface area contributed by atoms with Crippen LogP contribution >= 0.6 is 35.0 Å². The minimum atomic E-state index is -1.81. The number of carbonyl (C=O) groups excluding carboxylic acids is 2. The molecule has 10 rings (SSSR count). The van der Waals surface area contributed by atoms with Crippen LogP contribution in [0, 0.1) is 29.0 Å². The number of nitrogens with zero attached hydrogens (tertiary/aromatic N) is 5. The van der Waals surface area contributed by atoms with Gasteiger partial charge in [-0.25, -0.2) is 18.6 Å². The molecule has 5 heterocycles. The predicted molar refractivity (Wildman–Crippen MR) is 201 cm³/mol. The van der Waals surface area contributed by atoms with E-state index < -0.39 is 23.0 Å². The van der Waals surface area contributed by atoms with Gasteiger partial charge in [-0.15, -0.1) is 11.8 Å². The number of aryl methyl sites for hydroxylation is 1. The molecule has 3 aliphatic carbocycles. The van der Waals surface area contributed by atoms with E-state index in [1.165, 1.54) is 11.8 Å². The lowest BCUT2D eigenvalue weighted by atomic mass is 9.79. The molecule has 3 saturated carbocycles. The first-order chi connectivity index (χ1) is 25.2. The second-order valence-electron chi connectivity index (χ2n) is 16.4. The quantitative estimate of drug-likeness (QED) is 0.174. The second-order valence-corrected chi connectivity index (χ2v) is 18.0. The maximum atomic E-state index is 17.4. The molecule has 2 aromatic heterocycles. The van der Waals surface area contributed by atoms with Crippen LogP contribution in [-0.2, 0) is 16.0 Å². The minimum absolute atomic E-state index is 0.00140. The van der Waals surface area contributed by atoms with Crippen LogP contribution < -0.4 is 0 Å². The highest BCUT2D eigenvalue weighted by atomic mass is 35.5. The van der Waals surface area contributed by atoms with E-state index >= 15 is 8.78 Å². The summed E-state index contributed by atoms with van der Waals surface area (Å²) < 4.78 is 41.0. The van der Waals surface area contributed by atoms with Crippen LogP contribution in [0.3, 0.4) is 0 Å². The summed E-state index contributed by atoms with van der Waals surface area (Å²) in [5, 5.41) is 12.1. The molecule has 53 heavy (non-hydrogen) atoms. The summed E-state index contributed by atoms with van der Waals surface area (Å²) in [6.07, 6.45) is 4.76. The van der Waals surface area contributed by atoms with E-state index in [4.69, 9.17) is 32.9 Å². The molecular formula is C40H39Cl2F2N5O3S. The number of amides is 2. The topological polar surface area (TPSA) is 91.5 Å². The van der Waals surface area contributed by atoms with E-state index in [2.05, 4.69) is 16.7 Å². The molecule has 0 N–H and O–H groups in total. The molecule has 4 aromatic rings. The zero-order valence-corrected chi connectivity index (χ0v) is 32.2. The number of pyridine rings is 1. The Morgan fingerprint density at radius 1 is 1.11 bits per heavy atom. The van der Waals surface area contributed by atoms with Crippen LogP contribution in [0.25, 0.3) is 32.9 Å². The summed E-state index contributed by atoms with van der Waals surface area (Å²) >= 11 is 14.5. The van der Waals surface area contributed by atoms with Crippen molar-refractivity contribution >= 4 is 68.8 Å². The summed E-state index contributed by atoms with van der Waals surface area (Å²) in [4.78, 5) is 35.9. The number of thioether (sulfide) groups is 1. The molecule has 8 nitrogen and oxygen atoms in total. The molecule has 6 atom stereocenters. The number of likely N-dealkylation sites (tertiary alicyclic amines) is 1. The van der Waals surface area contributed by atoms with Crippen molar-refractivity contribution in [3.63, 3.8) is 0 Å². The number of ether oxygens (including phenoxy) is 1. The molecule has 0 spiro atoms. The first kappa shape index (κ1) is 35.1. The van der Waals surface area contributed by atoms with Crippen molar-refractivity contribution < 1.29 is 23.1 Å². The number of benzene rings is 2. The lowest BCUT2D eigenvalue weighted by Gasteiger charge is -2.41. The van der Waals surface area contributed by atoms with E-state index in [0.29, 0.717) is 40.4 Å². The van der Waals surface area contributed by atoms with Gasteiger partial charge in [-0.2, -0.15) is 5.26 Å². The van der Waals surface area contributed by atoms with Crippen LogP contribution in [0.5, 0.6) is 0 Å². The Bertz CT molecular complexity index is 2300. The Hall–Kier alpha value is -3.59. The third-order valence-corrected chi connectivity index (χ3v) is 13.5. The molecule has 3 saturated heterocycles. The summed E-state index contributed by atoms with van der Waals surface area (Å²) in [6, 6.07) is 10.5. The highest BCUT2D eigenvalue weighted by Crippen LogP contribution is 2.60. The smallest absolute Gasteiger partial charge is 0.410 e. The summed E-state index contributed by atoms with van der Waals surface area (Å²) in [5.74, 6) is -0.613. The van der Waals surface area contributed by atoms with Gasteiger partial charge in [0.15, 0.2) is 11.5 Å². The van der Waals surface area contributed by atoms with Crippen LogP contribution in [0.2, 0.25) is 10.0 Å². The standard InChI is InChI=1S/C40H39Cl2F2N5O3S/c1-39(2,3)52-38(51)47-18-21-16-29(47)34(21)49-28(27-15-20-14-26(20)48(27)37(50)40(44)10-11-40)17-24-35(49)23-13-19(7-6-12-45)30(22-8-5-9-25(41)31(22)42)32(43)33(23)46-36(24)53-4/h5,8-9,13,17,20-21,26-27,29,34H,6-7,10-11,14-16,18H2,1-4H3/t20-,21-,26-,27-,29-,34+/m1/s1. The minimum Gasteiger partial charge on any atom is -0.444 e. The van der Waals surface area contributed by atoms with Crippen molar-refractivity contribution in [3.8, 4) is 17.2 Å². The second kappa shape index (κ2) is 12.2. The Kier molecular flexibility index (Phi) is 8.09. The number of nitriles is 1. The third-order valence-electron chi connectivity index (χ3n) is 11.9. The van der Waals surface area contributed by atoms with Crippen molar-refractivity contribution in [1.82, 2.24) is 19.4 Å². The monoisotopic (exact) mass is 777 g/mol. The molecule has 6 aliphatic rings.